The van der Waals surface area contributed by atoms with Crippen LogP contribution in [0.2, 0.25) is 0 Å². The molecule has 0 saturated carbocycles. The molecule has 46 heavy (non-hydrogen) atoms. The smallest absolute Gasteiger partial charge is 0.319 e. The van der Waals surface area contributed by atoms with Gasteiger partial charge in [-0.25, -0.2) is 13.2 Å². The van der Waals surface area contributed by atoms with E-state index >= 15 is 4.39 Å². The van der Waals surface area contributed by atoms with Crippen molar-refractivity contribution in [1.82, 2.24) is 20.3 Å². The summed E-state index contributed by atoms with van der Waals surface area (Å²) in [4.78, 5) is 15.8. The first-order valence-electron chi connectivity index (χ1n) is 16.1. The predicted octanol–water partition coefficient (Wildman–Crippen LogP) is 4.94. The molecule has 0 amide bonds. The number of rotatable bonds is 6. The van der Waals surface area contributed by atoms with E-state index in [1.807, 2.05) is 11.8 Å². The molecule has 0 aliphatic carbocycles. The van der Waals surface area contributed by atoms with E-state index in [9.17, 15) is 19.0 Å². The van der Waals surface area contributed by atoms with Crippen LogP contribution in [0, 0.1) is 29.4 Å². The summed E-state index contributed by atoms with van der Waals surface area (Å²) in [7, 11) is 0. The normalized spacial score (nSPS) is 25.4. The van der Waals surface area contributed by atoms with Crippen molar-refractivity contribution in [3.8, 4) is 23.0 Å². The monoisotopic (exact) mass is 637 g/mol. The number of pyridine rings is 1. The molecule has 3 aliphatic rings. The zero-order valence-electron chi connectivity index (χ0n) is 25.7. The highest BCUT2D eigenvalue weighted by molar-refractivity contribution is 6.01. The summed E-state index contributed by atoms with van der Waals surface area (Å²) in [6, 6.07) is 5.76. The molecule has 5 heterocycles. The Morgan fingerprint density at radius 2 is 1.93 bits per heavy atom. The Kier molecular flexibility index (Phi) is 8.60. The van der Waals surface area contributed by atoms with E-state index in [4.69, 9.17) is 14.5 Å². The summed E-state index contributed by atoms with van der Waals surface area (Å²) in [5.41, 5.74) is 0.519. The number of aromatic hydroxyl groups is 1. The van der Waals surface area contributed by atoms with Gasteiger partial charge < -0.3 is 29.9 Å². The van der Waals surface area contributed by atoms with Crippen LogP contribution in [0.3, 0.4) is 0 Å². The SMILES string of the molecule is CCc1c(F)ccc2cc(O)cc(-c3ncc4c(N5CC6COCC(C5)C6O)nc(OC[C@@H]5CCCNC[C@H](F)C5)nc4c3F)c12. The number of aliphatic hydroxyl groups is 1. The van der Waals surface area contributed by atoms with Gasteiger partial charge in [-0.15, -0.1) is 0 Å². The highest BCUT2D eigenvalue weighted by atomic mass is 19.1. The van der Waals surface area contributed by atoms with Crippen molar-refractivity contribution in [3.05, 3.63) is 47.7 Å². The summed E-state index contributed by atoms with van der Waals surface area (Å²) < 4.78 is 58.0. The molecule has 3 N–H and O–H groups in total. The number of ether oxygens (including phenoxy) is 2. The quantitative estimate of drug-likeness (QED) is 0.271. The maximum Gasteiger partial charge on any atom is 0.319 e. The van der Waals surface area contributed by atoms with E-state index < -0.39 is 23.9 Å². The Morgan fingerprint density at radius 1 is 1.13 bits per heavy atom. The lowest BCUT2D eigenvalue weighted by atomic mass is 9.85. The summed E-state index contributed by atoms with van der Waals surface area (Å²) >= 11 is 0. The van der Waals surface area contributed by atoms with Gasteiger partial charge in [0.25, 0.3) is 0 Å². The second kappa shape index (κ2) is 12.8. The molecule has 0 radical (unpaired) electrons. The average Bonchev–Trinajstić information content (AvgIpc) is 3.02. The molecule has 3 fully saturated rings. The molecule has 2 aromatic carbocycles. The van der Waals surface area contributed by atoms with Crippen molar-refractivity contribution in [3.63, 3.8) is 0 Å². The number of nitrogens with zero attached hydrogens (tertiary/aromatic N) is 4. The number of phenolic OH excluding ortho intramolecular Hbond substituents is 1. The third kappa shape index (κ3) is 5.82. The molecule has 2 bridgehead atoms. The first-order valence-corrected chi connectivity index (χ1v) is 16.1. The van der Waals surface area contributed by atoms with E-state index in [0.717, 1.165) is 19.4 Å². The van der Waals surface area contributed by atoms with Crippen LogP contribution in [0.1, 0.15) is 31.7 Å². The zero-order valence-corrected chi connectivity index (χ0v) is 25.7. The molecule has 2 unspecified atom stereocenters. The Labute approximate surface area is 264 Å². The summed E-state index contributed by atoms with van der Waals surface area (Å²) in [6.07, 6.45) is 2.33. The van der Waals surface area contributed by atoms with Crippen LogP contribution in [0.15, 0.2) is 30.5 Å². The number of aliphatic hydroxyl groups excluding tert-OH is 1. The minimum absolute atomic E-state index is 0.0336. The number of hydrogen-bond acceptors (Lipinski definition) is 9. The van der Waals surface area contributed by atoms with Crippen LogP contribution in [0.4, 0.5) is 19.0 Å². The number of alkyl halides is 1. The van der Waals surface area contributed by atoms with Gasteiger partial charge in [-0.2, -0.15) is 9.97 Å². The van der Waals surface area contributed by atoms with E-state index in [0.29, 0.717) is 73.2 Å². The Balaban J connectivity index is 1.34. The van der Waals surface area contributed by atoms with Crippen molar-refractivity contribution in [2.75, 3.05) is 50.9 Å². The number of nitrogens with one attached hydrogen (secondary N) is 1. The summed E-state index contributed by atoms with van der Waals surface area (Å²) in [5.74, 6) is -1.22. The maximum atomic E-state index is 16.8. The fourth-order valence-corrected chi connectivity index (χ4v) is 7.32. The second-order valence-electron chi connectivity index (χ2n) is 12.8. The Bertz CT molecular complexity index is 1750. The van der Waals surface area contributed by atoms with Gasteiger partial charge in [0, 0.05) is 43.2 Å². The summed E-state index contributed by atoms with van der Waals surface area (Å²) in [5, 5.41) is 25.8. The molecule has 9 nitrogen and oxygen atoms in total. The number of phenols is 1. The van der Waals surface area contributed by atoms with Crippen LogP contribution < -0.4 is 15.0 Å². The molecule has 244 valence electrons. The first kappa shape index (κ1) is 30.9. The molecular weight excluding hydrogens is 599 g/mol. The number of aryl methyl sites for hydroxylation is 1. The second-order valence-corrected chi connectivity index (χ2v) is 12.8. The number of fused-ring (bicyclic) bond motifs is 4. The third-order valence-corrected chi connectivity index (χ3v) is 9.61. The lowest BCUT2D eigenvalue weighted by Gasteiger charge is -2.45. The van der Waals surface area contributed by atoms with Crippen molar-refractivity contribution in [2.24, 2.45) is 17.8 Å². The van der Waals surface area contributed by atoms with E-state index in [2.05, 4.69) is 15.3 Å². The molecule has 4 aromatic rings. The van der Waals surface area contributed by atoms with Gasteiger partial charge in [-0.3, -0.25) is 4.98 Å². The molecule has 12 heteroatoms. The molecule has 3 saturated heterocycles. The Hall–Kier alpha value is -3.74. The van der Waals surface area contributed by atoms with Gasteiger partial charge in [-0.05, 0) is 72.7 Å². The van der Waals surface area contributed by atoms with Crippen molar-refractivity contribution >= 4 is 27.5 Å². The van der Waals surface area contributed by atoms with E-state index in [1.54, 1.807) is 6.07 Å². The van der Waals surface area contributed by atoms with Crippen molar-refractivity contribution in [2.45, 2.75) is 44.9 Å². The minimum atomic E-state index is -0.996. The van der Waals surface area contributed by atoms with Gasteiger partial charge in [0.2, 0.25) is 0 Å². The van der Waals surface area contributed by atoms with Crippen LogP contribution in [0.25, 0.3) is 32.9 Å². The number of benzene rings is 2. The van der Waals surface area contributed by atoms with Crippen LogP contribution in [-0.4, -0.2) is 83.4 Å². The molecular formula is C34H38F3N5O4. The molecule has 3 aliphatic heterocycles. The van der Waals surface area contributed by atoms with Gasteiger partial charge in [0.15, 0.2) is 5.82 Å². The highest BCUT2D eigenvalue weighted by Crippen LogP contribution is 2.40. The number of aromatic nitrogens is 3. The standard InChI is InChI=1S/C34H38F3N5O4/c1-2-24-27(36)6-5-19-9-23(43)10-25(28(19)24)30-29(37)31-26(12-39-30)33(42-13-20-16-45-17-21(14-42)32(20)44)41-34(40-31)46-15-18-4-3-7-38-11-22(35)8-18/h5-6,9-10,12,18,20-22,32,38,43-44H,2-4,7-8,11,13-17H2,1H3/t18-,20?,21?,22-,32?/m1/s1. The minimum Gasteiger partial charge on any atom is -0.508 e. The molecule has 4 atom stereocenters. The number of piperidine rings is 1. The average molecular weight is 638 g/mol. The van der Waals surface area contributed by atoms with Gasteiger partial charge in [0.05, 0.1) is 31.3 Å². The van der Waals surface area contributed by atoms with Crippen LogP contribution in [-0.2, 0) is 11.2 Å². The van der Waals surface area contributed by atoms with Gasteiger partial charge >= 0.3 is 6.01 Å². The Morgan fingerprint density at radius 3 is 2.72 bits per heavy atom. The van der Waals surface area contributed by atoms with Crippen molar-refractivity contribution in [1.29, 1.82) is 0 Å². The van der Waals surface area contributed by atoms with Gasteiger partial charge in [0.1, 0.15) is 34.8 Å². The first-order chi connectivity index (χ1) is 22.3. The topological polar surface area (TPSA) is 113 Å². The molecule has 7 rings (SSSR count). The maximum absolute atomic E-state index is 16.8. The largest absolute Gasteiger partial charge is 0.508 e. The number of halogens is 3. The fraction of sp³-hybridized carbons (Fsp3) is 0.500. The lowest BCUT2D eigenvalue weighted by Crippen LogP contribution is -2.55. The van der Waals surface area contributed by atoms with Crippen molar-refractivity contribution < 1.29 is 32.9 Å². The number of hydrogen-bond donors (Lipinski definition) is 3. The zero-order chi connectivity index (χ0) is 31.9. The van der Waals surface area contributed by atoms with Gasteiger partial charge in [-0.1, -0.05) is 13.0 Å². The molecule has 2 aromatic heterocycles. The highest BCUT2D eigenvalue weighted by Gasteiger charge is 2.40. The molecule has 0 spiro atoms. The summed E-state index contributed by atoms with van der Waals surface area (Å²) in [6.45, 7) is 4.69. The third-order valence-electron chi connectivity index (χ3n) is 9.61. The van der Waals surface area contributed by atoms with E-state index in [-0.39, 0.29) is 52.9 Å². The van der Waals surface area contributed by atoms with Crippen LogP contribution >= 0.6 is 0 Å². The van der Waals surface area contributed by atoms with E-state index in [1.165, 1.54) is 24.4 Å². The fourth-order valence-electron chi connectivity index (χ4n) is 7.32. The van der Waals surface area contributed by atoms with Crippen LogP contribution in [0.5, 0.6) is 11.8 Å². The predicted molar refractivity (Wildman–Crippen MR) is 168 cm³/mol. The lowest BCUT2D eigenvalue weighted by molar-refractivity contribution is -0.0870. The number of anilines is 1.